The number of benzene rings is 2. The maximum Gasteiger partial charge on any atom is 0.343 e. The number of hydrogen-bond acceptors (Lipinski definition) is 12. The molecule has 16 heteroatoms. The second kappa shape index (κ2) is 14.4. The summed E-state index contributed by atoms with van der Waals surface area (Å²) >= 11 is 0. The number of aliphatic hydroxyl groups is 1. The number of carbonyl (C=O) groups is 3. The van der Waals surface area contributed by atoms with Gasteiger partial charge in [-0.3, -0.25) is 4.79 Å². The molecule has 2 aromatic carbocycles. The smallest absolute Gasteiger partial charge is 0.343 e. The van der Waals surface area contributed by atoms with Crippen LogP contribution in [-0.4, -0.2) is 80.8 Å². The van der Waals surface area contributed by atoms with Crippen LogP contribution in [0.3, 0.4) is 0 Å². The van der Waals surface area contributed by atoms with Crippen molar-refractivity contribution in [2.24, 2.45) is 0 Å². The van der Waals surface area contributed by atoms with Gasteiger partial charge in [-0.25, -0.2) is 27.7 Å². The van der Waals surface area contributed by atoms with Crippen LogP contribution in [-0.2, 0) is 16.1 Å². The van der Waals surface area contributed by atoms with E-state index in [1.165, 1.54) is 55.6 Å². The number of halogens is 2. The predicted octanol–water partition coefficient (Wildman–Crippen LogP) is 2.49. The molecule has 222 valence electrons. The molecule has 0 saturated carbocycles. The van der Waals surface area contributed by atoms with Crippen LogP contribution in [0.5, 0.6) is 11.5 Å². The largest absolute Gasteiger partial charge is 0.494 e. The SMILES string of the molecule is CCOC(=O)c1c(-n2cc(C=O)nn2)ccc(OC)c1F.CCOC(=O)c1c(-n2cc(CO)nn2)ccc(OC)c1F. The Morgan fingerprint density at radius 1 is 0.833 bits per heavy atom. The Labute approximate surface area is 237 Å². The number of aromatic nitrogens is 6. The number of aliphatic hydroxyl groups excluding tert-OH is 1. The molecule has 2 heterocycles. The number of methoxy groups -OCH3 is 2. The third kappa shape index (κ3) is 6.72. The Hall–Kier alpha value is -5.25. The summed E-state index contributed by atoms with van der Waals surface area (Å²) in [5, 5.41) is 23.7. The van der Waals surface area contributed by atoms with E-state index >= 15 is 0 Å². The van der Waals surface area contributed by atoms with Crippen LogP contribution in [0.2, 0.25) is 0 Å². The van der Waals surface area contributed by atoms with Gasteiger partial charge in [0.05, 0.1) is 57.8 Å². The van der Waals surface area contributed by atoms with Crippen molar-refractivity contribution >= 4 is 18.2 Å². The van der Waals surface area contributed by atoms with E-state index in [0.29, 0.717) is 12.0 Å². The molecule has 14 nitrogen and oxygen atoms in total. The first-order valence-electron chi connectivity index (χ1n) is 12.2. The highest BCUT2D eigenvalue weighted by Gasteiger charge is 2.25. The minimum Gasteiger partial charge on any atom is -0.494 e. The van der Waals surface area contributed by atoms with Crippen molar-refractivity contribution in [3.63, 3.8) is 0 Å². The number of rotatable bonds is 10. The van der Waals surface area contributed by atoms with E-state index in [9.17, 15) is 23.2 Å². The Morgan fingerprint density at radius 2 is 1.31 bits per heavy atom. The van der Waals surface area contributed by atoms with Crippen molar-refractivity contribution in [3.8, 4) is 22.9 Å². The summed E-state index contributed by atoms with van der Waals surface area (Å²) in [6.07, 6.45) is 3.16. The van der Waals surface area contributed by atoms with Gasteiger partial charge in [-0.2, -0.15) is 0 Å². The van der Waals surface area contributed by atoms with Crippen LogP contribution in [0.25, 0.3) is 11.4 Å². The number of hydrogen-bond donors (Lipinski definition) is 1. The highest BCUT2D eigenvalue weighted by molar-refractivity contribution is 5.95. The van der Waals surface area contributed by atoms with Crippen LogP contribution >= 0.6 is 0 Å². The first-order chi connectivity index (χ1) is 20.2. The summed E-state index contributed by atoms with van der Waals surface area (Å²) in [6.45, 7) is 3.11. The third-order valence-corrected chi connectivity index (χ3v) is 5.40. The molecular weight excluding hydrogens is 562 g/mol. The summed E-state index contributed by atoms with van der Waals surface area (Å²) < 4.78 is 50.4. The lowest BCUT2D eigenvalue weighted by atomic mass is 10.1. The molecule has 0 fully saturated rings. The van der Waals surface area contributed by atoms with E-state index in [-0.39, 0.29) is 59.5 Å². The molecule has 2 aromatic heterocycles. The Kier molecular flexibility index (Phi) is 10.7. The normalized spacial score (nSPS) is 10.4. The molecule has 0 aliphatic carbocycles. The number of esters is 2. The molecular formula is C26H26F2N6O8. The lowest BCUT2D eigenvalue weighted by molar-refractivity contribution is 0.0510. The van der Waals surface area contributed by atoms with E-state index < -0.39 is 23.6 Å². The quantitative estimate of drug-likeness (QED) is 0.212. The Balaban J connectivity index is 0.000000230. The molecule has 4 aromatic rings. The van der Waals surface area contributed by atoms with Crippen LogP contribution in [0.4, 0.5) is 8.78 Å². The zero-order chi connectivity index (χ0) is 30.8. The summed E-state index contributed by atoms with van der Waals surface area (Å²) in [7, 11) is 2.58. The zero-order valence-corrected chi connectivity index (χ0v) is 22.9. The highest BCUT2D eigenvalue weighted by atomic mass is 19.1. The molecule has 0 unspecified atom stereocenters. The molecule has 0 amide bonds. The molecule has 0 bridgehead atoms. The lowest BCUT2D eigenvalue weighted by Crippen LogP contribution is -2.13. The van der Waals surface area contributed by atoms with Crippen molar-refractivity contribution in [3.05, 3.63) is 70.8 Å². The summed E-state index contributed by atoms with van der Waals surface area (Å²) in [4.78, 5) is 34.6. The number of ether oxygens (including phenoxy) is 4. The maximum atomic E-state index is 14.3. The molecule has 0 atom stereocenters. The van der Waals surface area contributed by atoms with Gasteiger partial charge in [-0.05, 0) is 38.1 Å². The summed E-state index contributed by atoms with van der Waals surface area (Å²) in [6, 6.07) is 5.60. The Morgan fingerprint density at radius 3 is 1.69 bits per heavy atom. The van der Waals surface area contributed by atoms with Crippen molar-refractivity contribution in [2.75, 3.05) is 27.4 Å². The van der Waals surface area contributed by atoms with Gasteiger partial charge in [-0.15, -0.1) is 10.2 Å². The van der Waals surface area contributed by atoms with Crippen LogP contribution in [0.1, 0.15) is 50.7 Å². The van der Waals surface area contributed by atoms with Gasteiger partial charge in [0.1, 0.15) is 22.5 Å². The fourth-order valence-corrected chi connectivity index (χ4v) is 3.52. The van der Waals surface area contributed by atoms with Gasteiger partial charge in [0.2, 0.25) is 0 Å². The molecule has 4 rings (SSSR count). The van der Waals surface area contributed by atoms with Crippen LogP contribution < -0.4 is 9.47 Å². The van der Waals surface area contributed by atoms with E-state index in [2.05, 4.69) is 20.6 Å². The average Bonchev–Trinajstić information content (AvgIpc) is 3.67. The van der Waals surface area contributed by atoms with Crippen molar-refractivity contribution in [1.82, 2.24) is 30.0 Å². The van der Waals surface area contributed by atoms with E-state index in [1.807, 2.05) is 0 Å². The molecule has 0 radical (unpaired) electrons. The zero-order valence-electron chi connectivity index (χ0n) is 22.9. The van der Waals surface area contributed by atoms with Gasteiger partial charge in [0.25, 0.3) is 0 Å². The monoisotopic (exact) mass is 588 g/mol. The predicted molar refractivity (Wildman–Crippen MR) is 139 cm³/mol. The molecule has 0 aliphatic rings. The fraction of sp³-hybridized carbons (Fsp3) is 0.269. The second-order valence-corrected chi connectivity index (χ2v) is 7.91. The molecule has 0 saturated heterocycles. The first kappa shape index (κ1) is 31.3. The maximum absolute atomic E-state index is 14.3. The standard InChI is InChI=1S/C13H14FN3O4.C13H12FN3O4/c2*1-3-21-13(19)11-9(4-5-10(20-2)12(11)14)17-6-8(7-18)15-16-17/h4-6,18H,3,7H2,1-2H3;4-7H,3H2,1-2H3. The van der Waals surface area contributed by atoms with E-state index in [4.69, 9.17) is 24.1 Å². The second-order valence-electron chi connectivity index (χ2n) is 7.91. The number of aldehydes is 1. The van der Waals surface area contributed by atoms with Gasteiger partial charge in [0, 0.05) is 0 Å². The number of nitrogens with zero attached hydrogens (tertiary/aromatic N) is 6. The van der Waals surface area contributed by atoms with Gasteiger partial charge >= 0.3 is 11.9 Å². The summed E-state index contributed by atoms with van der Waals surface area (Å²) in [5.41, 5.74) is -0.0301. The average molecular weight is 589 g/mol. The van der Waals surface area contributed by atoms with Crippen molar-refractivity contribution < 1.29 is 47.2 Å². The number of carbonyl (C=O) groups excluding carboxylic acids is 3. The molecule has 0 aliphatic heterocycles. The molecule has 0 spiro atoms. The van der Waals surface area contributed by atoms with Gasteiger partial charge < -0.3 is 24.1 Å². The Bertz CT molecular complexity index is 1570. The summed E-state index contributed by atoms with van der Waals surface area (Å²) in [5.74, 6) is -3.56. The van der Waals surface area contributed by atoms with Crippen molar-refractivity contribution in [1.29, 1.82) is 0 Å². The van der Waals surface area contributed by atoms with Crippen LogP contribution in [0, 0.1) is 11.6 Å². The van der Waals surface area contributed by atoms with E-state index in [0.717, 1.165) is 4.68 Å². The fourth-order valence-electron chi connectivity index (χ4n) is 3.52. The van der Waals surface area contributed by atoms with E-state index in [1.54, 1.807) is 13.8 Å². The third-order valence-electron chi connectivity index (χ3n) is 5.40. The van der Waals surface area contributed by atoms with Gasteiger partial charge in [-0.1, -0.05) is 10.4 Å². The molecule has 1 N–H and O–H groups in total. The lowest BCUT2D eigenvalue weighted by Gasteiger charge is -2.11. The molecule has 42 heavy (non-hydrogen) atoms. The first-order valence-corrected chi connectivity index (χ1v) is 12.2. The topological polar surface area (TPSA) is 170 Å². The highest BCUT2D eigenvalue weighted by Crippen LogP contribution is 2.28. The van der Waals surface area contributed by atoms with Crippen molar-refractivity contribution in [2.45, 2.75) is 20.5 Å². The minimum absolute atomic E-state index is 0.0565. The minimum atomic E-state index is -0.864. The van der Waals surface area contributed by atoms with Gasteiger partial charge in [0.15, 0.2) is 29.4 Å². The van der Waals surface area contributed by atoms with Crippen LogP contribution in [0.15, 0.2) is 36.7 Å².